The average molecular weight is 438 g/mol. The van der Waals surface area contributed by atoms with Crippen molar-refractivity contribution in [1.82, 2.24) is 15.6 Å². The van der Waals surface area contributed by atoms with Gasteiger partial charge in [-0.2, -0.15) is 0 Å². The molecule has 0 aromatic carbocycles. The molecular weight excluding hydrogens is 407 g/mol. The Hall–Kier alpha value is -0.370. The predicted octanol–water partition coefficient (Wildman–Crippen LogP) is 3.77. The Morgan fingerprint density at radius 2 is 1.95 bits per heavy atom. The maximum Gasteiger partial charge on any atom is 0.191 e. The summed E-state index contributed by atoms with van der Waals surface area (Å²) >= 11 is 1.80. The number of nitrogens with zero attached hydrogens (tertiary/aromatic N) is 2. The molecule has 0 aliphatic carbocycles. The number of guanidine groups is 1. The predicted molar refractivity (Wildman–Crippen MR) is 109 cm³/mol. The van der Waals surface area contributed by atoms with E-state index in [1.165, 1.54) is 15.6 Å². The third kappa shape index (κ3) is 7.26. The Morgan fingerprint density at radius 1 is 1.27 bits per heavy atom. The van der Waals surface area contributed by atoms with Crippen LogP contribution in [0.2, 0.25) is 0 Å². The highest BCUT2D eigenvalue weighted by Gasteiger charge is 2.09. The van der Waals surface area contributed by atoms with E-state index in [2.05, 4.69) is 62.2 Å². The first-order valence-electron chi connectivity index (χ1n) is 7.97. The van der Waals surface area contributed by atoms with Crippen molar-refractivity contribution < 1.29 is 0 Å². The van der Waals surface area contributed by atoms with Crippen LogP contribution < -0.4 is 10.6 Å². The fourth-order valence-electron chi connectivity index (χ4n) is 1.89. The zero-order chi connectivity index (χ0) is 15.8. The van der Waals surface area contributed by atoms with E-state index in [1.807, 2.05) is 0 Å². The van der Waals surface area contributed by atoms with Gasteiger partial charge in [0.15, 0.2) is 5.96 Å². The highest BCUT2D eigenvalue weighted by molar-refractivity contribution is 14.0. The van der Waals surface area contributed by atoms with Crippen molar-refractivity contribution >= 4 is 41.3 Å². The van der Waals surface area contributed by atoms with Crippen molar-refractivity contribution in [1.29, 1.82) is 0 Å². The number of thiazole rings is 1. The summed E-state index contributed by atoms with van der Waals surface area (Å²) in [4.78, 5) is 10.7. The Balaban J connectivity index is 0.00000441. The van der Waals surface area contributed by atoms with Crippen molar-refractivity contribution in [3.63, 3.8) is 0 Å². The summed E-state index contributed by atoms with van der Waals surface area (Å²) in [7, 11) is 0. The fraction of sp³-hybridized carbons (Fsp3) is 0.750. The van der Waals surface area contributed by atoms with Crippen LogP contribution >= 0.6 is 35.3 Å². The van der Waals surface area contributed by atoms with E-state index in [1.54, 1.807) is 11.3 Å². The topological polar surface area (TPSA) is 49.3 Å². The number of hydrogen-bond acceptors (Lipinski definition) is 3. The minimum absolute atomic E-state index is 0. The minimum atomic E-state index is 0. The zero-order valence-electron chi connectivity index (χ0n) is 14.7. The molecule has 1 atom stereocenters. The van der Waals surface area contributed by atoms with E-state index in [-0.39, 0.29) is 24.0 Å². The van der Waals surface area contributed by atoms with Gasteiger partial charge in [0.2, 0.25) is 0 Å². The van der Waals surface area contributed by atoms with Crippen LogP contribution in [0.25, 0.3) is 0 Å². The number of aliphatic imine (C=N–C) groups is 1. The van der Waals surface area contributed by atoms with Gasteiger partial charge in [-0.1, -0.05) is 20.8 Å². The van der Waals surface area contributed by atoms with E-state index in [9.17, 15) is 0 Å². The van der Waals surface area contributed by atoms with Gasteiger partial charge in [0, 0.05) is 30.4 Å². The van der Waals surface area contributed by atoms with Gasteiger partial charge in [-0.05, 0) is 33.1 Å². The average Bonchev–Trinajstić information content (AvgIpc) is 2.79. The van der Waals surface area contributed by atoms with Gasteiger partial charge in [-0.25, -0.2) is 4.98 Å². The molecule has 0 spiro atoms. The zero-order valence-corrected chi connectivity index (χ0v) is 17.8. The Kier molecular flexibility index (Phi) is 11.0. The summed E-state index contributed by atoms with van der Waals surface area (Å²) in [6, 6.07) is 0.414. The molecule has 0 radical (unpaired) electrons. The lowest BCUT2D eigenvalue weighted by Gasteiger charge is -2.20. The number of aryl methyl sites for hydroxylation is 2. The smallest absolute Gasteiger partial charge is 0.191 e. The molecule has 1 unspecified atom stereocenters. The SMILES string of the molecule is CCNC(=NCCc1nc(CC)c(C)s1)NC(C)C(C)C.I. The molecule has 0 saturated carbocycles. The van der Waals surface area contributed by atoms with E-state index in [0.29, 0.717) is 12.0 Å². The molecule has 0 aliphatic heterocycles. The quantitative estimate of drug-likeness (QED) is 0.387. The van der Waals surface area contributed by atoms with E-state index >= 15 is 0 Å². The lowest BCUT2D eigenvalue weighted by Crippen LogP contribution is -2.44. The van der Waals surface area contributed by atoms with Crippen LogP contribution in [-0.4, -0.2) is 30.1 Å². The summed E-state index contributed by atoms with van der Waals surface area (Å²) in [5.74, 6) is 1.49. The van der Waals surface area contributed by atoms with Gasteiger partial charge in [0.05, 0.1) is 10.7 Å². The lowest BCUT2D eigenvalue weighted by molar-refractivity contribution is 0.481. The molecule has 1 aromatic heterocycles. The number of halogens is 1. The summed E-state index contributed by atoms with van der Waals surface area (Å²) in [5.41, 5.74) is 1.23. The van der Waals surface area contributed by atoms with Crippen LogP contribution in [0.1, 0.15) is 50.2 Å². The maximum absolute atomic E-state index is 4.67. The largest absolute Gasteiger partial charge is 0.357 e. The fourth-order valence-corrected chi connectivity index (χ4v) is 2.90. The van der Waals surface area contributed by atoms with Crippen molar-refractivity contribution in [3.8, 4) is 0 Å². The molecule has 0 amide bonds. The molecule has 2 N–H and O–H groups in total. The van der Waals surface area contributed by atoms with Crippen LogP contribution in [0.4, 0.5) is 0 Å². The monoisotopic (exact) mass is 438 g/mol. The Bertz CT molecular complexity index is 457. The second-order valence-corrected chi connectivity index (χ2v) is 6.94. The molecular formula is C16H31IN4S. The molecule has 0 bridgehead atoms. The van der Waals surface area contributed by atoms with E-state index in [4.69, 9.17) is 0 Å². The Morgan fingerprint density at radius 3 is 2.45 bits per heavy atom. The molecule has 4 nitrogen and oxygen atoms in total. The first-order chi connectivity index (χ1) is 9.97. The Labute approximate surface area is 156 Å². The minimum Gasteiger partial charge on any atom is -0.357 e. The molecule has 1 heterocycles. The molecule has 1 rings (SSSR count). The first kappa shape index (κ1) is 21.6. The van der Waals surface area contributed by atoms with Crippen LogP contribution in [0.5, 0.6) is 0 Å². The van der Waals surface area contributed by atoms with Gasteiger partial charge in [0.25, 0.3) is 0 Å². The van der Waals surface area contributed by atoms with Gasteiger partial charge in [-0.15, -0.1) is 35.3 Å². The summed E-state index contributed by atoms with van der Waals surface area (Å²) < 4.78 is 0. The normalized spacial score (nSPS) is 13.0. The van der Waals surface area contributed by atoms with Gasteiger partial charge >= 0.3 is 0 Å². The third-order valence-electron chi connectivity index (χ3n) is 3.58. The van der Waals surface area contributed by atoms with Gasteiger partial charge in [0.1, 0.15) is 0 Å². The highest BCUT2D eigenvalue weighted by atomic mass is 127. The standard InChI is InChI=1S/C16H30N4S.HI/c1-7-14-13(6)21-15(20-14)9-10-18-16(17-8-2)19-12(5)11(3)4;/h11-12H,7-10H2,1-6H3,(H2,17,18,19);1H. The number of nitrogens with one attached hydrogen (secondary N) is 2. The van der Waals surface area contributed by atoms with E-state index < -0.39 is 0 Å². The van der Waals surface area contributed by atoms with Gasteiger partial charge in [-0.3, -0.25) is 4.99 Å². The third-order valence-corrected chi connectivity index (χ3v) is 4.65. The van der Waals surface area contributed by atoms with Crippen LogP contribution in [0.15, 0.2) is 4.99 Å². The highest BCUT2D eigenvalue weighted by Crippen LogP contribution is 2.18. The first-order valence-corrected chi connectivity index (χ1v) is 8.79. The molecule has 0 saturated heterocycles. The molecule has 6 heteroatoms. The lowest BCUT2D eigenvalue weighted by atomic mass is 10.1. The van der Waals surface area contributed by atoms with Crippen LogP contribution in [0.3, 0.4) is 0 Å². The molecule has 1 aromatic rings. The van der Waals surface area contributed by atoms with Crippen molar-refractivity contribution in [2.24, 2.45) is 10.9 Å². The molecule has 22 heavy (non-hydrogen) atoms. The number of hydrogen-bond donors (Lipinski definition) is 2. The summed E-state index contributed by atoms with van der Waals surface area (Å²) in [6.45, 7) is 14.7. The van der Waals surface area contributed by atoms with Crippen LogP contribution in [-0.2, 0) is 12.8 Å². The summed E-state index contributed by atoms with van der Waals surface area (Å²) in [6.07, 6.45) is 1.93. The van der Waals surface area contributed by atoms with Crippen molar-refractivity contribution in [3.05, 3.63) is 15.6 Å². The summed E-state index contributed by atoms with van der Waals surface area (Å²) in [5, 5.41) is 7.95. The van der Waals surface area contributed by atoms with Crippen molar-refractivity contribution in [2.75, 3.05) is 13.1 Å². The van der Waals surface area contributed by atoms with Gasteiger partial charge < -0.3 is 10.6 Å². The molecule has 0 aliphatic rings. The number of aromatic nitrogens is 1. The molecule has 0 fully saturated rings. The second kappa shape index (κ2) is 11.2. The number of rotatable bonds is 7. The van der Waals surface area contributed by atoms with Crippen molar-refractivity contribution in [2.45, 2.75) is 60.4 Å². The van der Waals surface area contributed by atoms with Crippen LogP contribution in [0, 0.1) is 12.8 Å². The second-order valence-electron chi connectivity index (χ2n) is 5.65. The molecule has 128 valence electrons. The van der Waals surface area contributed by atoms with E-state index in [0.717, 1.165) is 31.9 Å². The maximum atomic E-state index is 4.67.